The Labute approximate surface area is 125 Å². The minimum absolute atomic E-state index is 0.0529. The molecule has 1 aromatic carbocycles. The quantitative estimate of drug-likeness (QED) is 0.855. The number of aromatic nitrogens is 1. The van der Waals surface area contributed by atoms with Crippen molar-refractivity contribution in [3.63, 3.8) is 0 Å². The van der Waals surface area contributed by atoms with Crippen LogP contribution in [0, 0.1) is 0 Å². The number of amides is 1. The molecular formula is C17H21N3O. The van der Waals surface area contributed by atoms with Crippen LogP contribution < -0.4 is 11.1 Å². The first kappa shape index (κ1) is 15.0. The second-order valence-electron chi connectivity index (χ2n) is 5.12. The summed E-state index contributed by atoms with van der Waals surface area (Å²) in [6.45, 7) is 2.19. The number of benzene rings is 1. The van der Waals surface area contributed by atoms with Gasteiger partial charge in [0.15, 0.2) is 0 Å². The molecule has 0 aliphatic heterocycles. The zero-order chi connectivity index (χ0) is 15.1. The highest BCUT2D eigenvalue weighted by molar-refractivity contribution is 5.92. The lowest BCUT2D eigenvalue weighted by Crippen LogP contribution is -2.14. The fourth-order valence-corrected chi connectivity index (χ4v) is 2.07. The molecular weight excluding hydrogens is 262 g/mol. The van der Waals surface area contributed by atoms with Gasteiger partial charge in [-0.3, -0.25) is 4.79 Å². The van der Waals surface area contributed by atoms with E-state index in [1.807, 2.05) is 12.1 Å². The fourth-order valence-electron chi connectivity index (χ4n) is 2.07. The van der Waals surface area contributed by atoms with E-state index >= 15 is 0 Å². The maximum atomic E-state index is 12.0. The Hall–Kier alpha value is -2.36. The standard InChI is InChI=1S/C17H21N3O/c1-2-3-4-13-5-7-14(8-6-13)11-17(21)20-15-9-10-16(18)19-12-15/h5-10,12H,2-4,11H2,1H3,(H2,18,19)(H,20,21). The van der Waals surface area contributed by atoms with Crippen LogP contribution in [0.2, 0.25) is 0 Å². The van der Waals surface area contributed by atoms with Crippen LogP contribution in [0.15, 0.2) is 42.6 Å². The van der Waals surface area contributed by atoms with Crippen molar-refractivity contribution >= 4 is 17.4 Å². The van der Waals surface area contributed by atoms with Crippen molar-refractivity contribution in [2.45, 2.75) is 32.6 Å². The Morgan fingerprint density at radius 2 is 1.86 bits per heavy atom. The molecule has 1 amide bonds. The van der Waals surface area contributed by atoms with Gasteiger partial charge in [0.1, 0.15) is 5.82 Å². The summed E-state index contributed by atoms with van der Waals surface area (Å²) < 4.78 is 0. The van der Waals surface area contributed by atoms with Gasteiger partial charge in [-0.1, -0.05) is 37.6 Å². The molecule has 0 unspecified atom stereocenters. The Morgan fingerprint density at radius 3 is 2.48 bits per heavy atom. The van der Waals surface area contributed by atoms with Gasteiger partial charge in [-0.2, -0.15) is 0 Å². The summed E-state index contributed by atoms with van der Waals surface area (Å²) in [5, 5.41) is 2.81. The smallest absolute Gasteiger partial charge is 0.228 e. The van der Waals surface area contributed by atoms with Crippen LogP contribution in [0.4, 0.5) is 11.5 Å². The number of hydrogen-bond acceptors (Lipinski definition) is 3. The van der Waals surface area contributed by atoms with Crippen LogP contribution in [-0.2, 0) is 17.6 Å². The number of nitrogens with one attached hydrogen (secondary N) is 1. The lowest BCUT2D eigenvalue weighted by molar-refractivity contribution is -0.115. The predicted molar refractivity (Wildman–Crippen MR) is 86.0 cm³/mol. The van der Waals surface area contributed by atoms with Crippen LogP contribution in [0.1, 0.15) is 30.9 Å². The van der Waals surface area contributed by atoms with E-state index in [-0.39, 0.29) is 5.91 Å². The number of nitrogens with two attached hydrogens (primary N) is 1. The molecule has 0 atom stereocenters. The van der Waals surface area contributed by atoms with Crippen molar-refractivity contribution in [2.24, 2.45) is 0 Å². The summed E-state index contributed by atoms with van der Waals surface area (Å²) in [7, 11) is 0. The number of unbranched alkanes of at least 4 members (excludes halogenated alkanes) is 1. The summed E-state index contributed by atoms with van der Waals surface area (Å²) in [6, 6.07) is 11.6. The molecule has 2 aromatic rings. The molecule has 0 spiro atoms. The zero-order valence-electron chi connectivity index (χ0n) is 12.3. The van der Waals surface area contributed by atoms with E-state index in [9.17, 15) is 4.79 Å². The van der Waals surface area contributed by atoms with Crippen molar-refractivity contribution in [1.82, 2.24) is 4.98 Å². The number of pyridine rings is 1. The molecule has 2 rings (SSSR count). The number of nitrogens with zero attached hydrogens (tertiary/aromatic N) is 1. The topological polar surface area (TPSA) is 68.0 Å². The largest absolute Gasteiger partial charge is 0.384 e. The van der Waals surface area contributed by atoms with E-state index in [0.29, 0.717) is 17.9 Å². The highest BCUT2D eigenvalue weighted by Crippen LogP contribution is 2.11. The number of carbonyl (C=O) groups is 1. The molecule has 0 radical (unpaired) electrons. The van der Waals surface area contributed by atoms with E-state index in [4.69, 9.17) is 5.73 Å². The predicted octanol–water partition coefficient (Wildman–Crippen LogP) is 3.19. The van der Waals surface area contributed by atoms with E-state index in [2.05, 4.69) is 29.4 Å². The first-order valence-corrected chi connectivity index (χ1v) is 7.26. The molecule has 0 fully saturated rings. The number of carbonyl (C=O) groups excluding carboxylic acids is 1. The fraction of sp³-hybridized carbons (Fsp3) is 0.294. The summed E-state index contributed by atoms with van der Waals surface area (Å²) in [5.41, 5.74) is 8.50. The molecule has 21 heavy (non-hydrogen) atoms. The van der Waals surface area contributed by atoms with Crippen molar-refractivity contribution in [2.75, 3.05) is 11.1 Å². The molecule has 1 heterocycles. The van der Waals surface area contributed by atoms with Gasteiger partial charge < -0.3 is 11.1 Å². The molecule has 1 aromatic heterocycles. The lowest BCUT2D eigenvalue weighted by atomic mass is 10.0. The normalized spacial score (nSPS) is 10.3. The van der Waals surface area contributed by atoms with Crippen molar-refractivity contribution in [3.05, 3.63) is 53.7 Å². The third-order valence-electron chi connectivity index (χ3n) is 3.28. The van der Waals surface area contributed by atoms with Gasteiger partial charge >= 0.3 is 0 Å². The molecule has 0 saturated heterocycles. The lowest BCUT2D eigenvalue weighted by Gasteiger charge is -2.06. The summed E-state index contributed by atoms with van der Waals surface area (Å²) in [5.74, 6) is 0.388. The maximum Gasteiger partial charge on any atom is 0.228 e. The summed E-state index contributed by atoms with van der Waals surface area (Å²) in [4.78, 5) is 15.9. The molecule has 0 saturated carbocycles. The summed E-state index contributed by atoms with van der Waals surface area (Å²) in [6.07, 6.45) is 5.41. The number of anilines is 2. The average molecular weight is 283 g/mol. The Kier molecular flexibility index (Phi) is 5.32. The van der Waals surface area contributed by atoms with E-state index < -0.39 is 0 Å². The van der Waals surface area contributed by atoms with Crippen LogP contribution >= 0.6 is 0 Å². The second-order valence-corrected chi connectivity index (χ2v) is 5.12. The molecule has 3 N–H and O–H groups in total. The molecule has 110 valence electrons. The number of rotatable bonds is 6. The zero-order valence-corrected chi connectivity index (χ0v) is 12.3. The Balaban J connectivity index is 1.88. The number of aryl methyl sites for hydroxylation is 1. The first-order valence-electron chi connectivity index (χ1n) is 7.26. The Bertz CT molecular complexity index is 576. The van der Waals surface area contributed by atoms with Crippen molar-refractivity contribution in [3.8, 4) is 0 Å². The highest BCUT2D eigenvalue weighted by atomic mass is 16.1. The minimum Gasteiger partial charge on any atom is -0.384 e. The Morgan fingerprint density at radius 1 is 1.14 bits per heavy atom. The molecule has 4 nitrogen and oxygen atoms in total. The second kappa shape index (κ2) is 7.43. The molecule has 0 aliphatic carbocycles. The minimum atomic E-state index is -0.0529. The van der Waals surface area contributed by atoms with Crippen LogP contribution in [0.3, 0.4) is 0 Å². The molecule has 4 heteroatoms. The van der Waals surface area contributed by atoms with Crippen molar-refractivity contribution < 1.29 is 4.79 Å². The maximum absolute atomic E-state index is 12.0. The van der Waals surface area contributed by atoms with E-state index in [0.717, 1.165) is 12.0 Å². The number of hydrogen-bond donors (Lipinski definition) is 2. The van der Waals surface area contributed by atoms with Gasteiger partial charge in [0, 0.05) is 0 Å². The van der Waals surface area contributed by atoms with Gasteiger partial charge in [0.05, 0.1) is 18.3 Å². The van der Waals surface area contributed by atoms with Gasteiger partial charge in [0.25, 0.3) is 0 Å². The summed E-state index contributed by atoms with van der Waals surface area (Å²) >= 11 is 0. The first-order chi connectivity index (χ1) is 10.2. The molecule has 0 bridgehead atoms. The van der Waals surface area contributed by atoms with Crippen LogP contribution in [0.25, 0.3) is 0 Å². The van der Waals surface area contributed by atoms with Crippen LogP contribution in [-0.4, -0.2) is 10.9 Å². The third kappa shape index (κ3) is 4.91. The number of nitrogen functional groups attached to an aromatic ring is 1. The SMILES string of the molecule is CCCCc1ccc(CC(=O)Nc2ccc(N)nc2)cc1. The third-order valence-corrected chi connectivity index (χ3v) is 3.28. The van der Waals surface area contributed by atoms with Crippen LogP contribution in [0.5, 0.6) is 0 Å². The van der Waals surface area contributed by atoms with E-state index in [1.54, 1.807) is 18.3 Å². The van der Waals surface area contributed by atoms with Gasteiger partial charge in [-0.05, 0) is 36.1 Å². The highest BCUT2D eigenvalue weighted by Gasteiger charge is 2.04. The van der Waals surface area contributed by atoms with Crippen molar-refractivity contribution in [1.29, 1.82) is 0 Å². The van der Waals surface area contributed by atoms with Gasteiger partial charge in [0.2, 0.25) is 5.91 Å². The van der Waals surface area contributed by atoms with Gasteiger partial charge in [-0.25, -0.2) is 4.98 Å². The van der Waals surface area contributed by atoms with Gasteiger partial charge in [-0.15, -0.1) is 0 Å². The molecule has 0 aliphatic rings. The monoisotopic (exact) mass is 283 g/mol. The van der Waals surface area contributed by atoms with E-state index in [1.165, 1.54) is 18.4 Å². The average Bonchev–Trinajstić information content (AvgIpc) is 2.49.